The van der Waals surface area contributed by atoms with Crippen LogP contribution < -0.4 is 10.1 Å². The third-order valence-corrected chi connectivity index (χ3v) is 3.10. The van der Waals surface area contributed by atoms with Crippen LogP contribution in [0, 0.1) is 0 Å². The van der Waals surface area contributed by atoms with E-state index in [1.165, 1.54) is 0 Å². The van der Waals surface area contributed by atoms with Crippen molar-refractivity contribution in [1.29, 1.82) is 0 Å². The molecule has 1 fully saturated rings. The van der Waals surface area contributed by atoms with Crippen LogP contribution in [0.15, 0.2) is 29.2 Å². The number of imide groups is 1. The first-order chi connectivity index (χ1) is 8.69. The Morgan fingerprint density at radius 1 is 1.28 bits per heavy atom. The lowest BCUT2D eigenvalue weighted by molar-refractivity contribution is -0.115. The van der Waals surface area contributed by atoms with Crippen molar-refractivity contribution >= 4 is 29.0 Å². The van der Waals surface area contributed by atoms with Crippen molar-refractivity contribution in [2.75, 3.05) is 6.61 Å². The summed E-state index contributed by atoms with van der Waals surface area (Å²) in [7, 11) is 0. The Morgan fingerprint density at radius 3 is 2.56 bits per heavy atom. The van der Waals surface area contributed by atoms with Crippen LogP contribution in [0.1, 0.15) is 18.9 Å². The van der Waals surface area contributed by atoms with Gasteiger partial charge in [0.1, 0.15) is 5.75 Å². The molecule has 0 bridgehead atoms. The molecule has 1 heterocycles. The summed E-state index contributed by atoms with van der Waals surface area (Å²) in [6, 6.07) is 7.41. The Balaban J connectivity index is 2.08. The van der Waals surface area contributed by atoms with Crippen molar-refractivity contribution < 1.29 is 14.3 Å². The first kappa shape index (κ1) is 12.7. The van der Waals surface area contributed by atoms with Gasteiger partial charge in [-0.1, -0.05) is 19.1 Å². The molecule has 1 N–H and O–H groups in total. The highest BCUT2D eigenvalue weighted by Gasteiger charge is 2.24. The first-order valence-electron chi connectivity index (χ1n) is 5.67. The summed E-state index contributed by atoms with van der Waals surface area (Å²) >= 11 is 0.917. The van der Waals surface area contributed by atoms with Gasteiger partial charge in [-0.05, 0) is 42.0 Å². The molecule has 1 aliphatic heterocycles. The zero-order valence-corrected chi connectivity index (χ0v) is 10.8. The van der Waals surface area contributed by atoms with Gasteiger partial charge in [0.15, 0.2) is 0 Å². The largest absolute Gasteiger partial charge is 0.494 e. The van der Waals surface area contributed by atoms with Gasteiger partial charge in [0.05, 0.1) is 11.5 Å². The van der Waals surface area contributed by atoms with Crippen molar-refractivity contribution in [3.63, 3.8) is 0 Å². The van der Waals surface area contributed by atoms with Gasteiger partial charge in [-0.15, -0.1) is 0 Å². The van der Waals surface area contributed by atoms with Crippen LogP contribution in [0.3, 0.4) is 0 Å². The van der Waals surface area contributed by atoms with Gasteiger partial charge in [-0.3, -0.25) is 14.9 Å². The molecule has 94 valence electrons. The summed E-state index contributed by atoms with van der Waals surface area (Å²) < 4.78 is 5.46. The summed E-state index contributed by atoms with van der Waals surface area (Å²) in [4.78, 5) is 22.8. The van der Waals surface area contributed by atoms with Gasteiger partial charge < -0.3 is 4.74 Å². The normalized spacial score (nSPS) is 17.1. The number of nitrogens with one attached hydrogen (secondary N) is 1. The topological polar surface area (TPSA) is 55.4 Å². The van der Waals surface area contributed by atoms with E-state index in [4.69, 9.17) is 4.74 Å². The molecule has 0 radical (unpaired) electrons. The third-order valence-electron chi connectivity index (χ3n) is 2.29. The highest BCUT2D eigenvalue weighted by atomic mass is 32.2. The third kappa shape index (κ3) is 3.13. The Bertz CT molecular complexity index is 493. The van der Waals surface area contributed by atoms with Crippen molar-refractivity contribution in [3.05, 3.63) is 34.7 Å². The molecule has 0 aromatic heterocycles. The predicted octanol–water partition coefficient (Wildman–Crippen LogP) is 2.80. The number of thioether (sulfide) groups is 1. The summed E-state index contributed by atoms with van der Waals surface area (Å²) in [6.45, 7) is 2.74. The summed E-state index contributed by atoms with van der Waals surface area (Å²) in [6.07, 6.45) is 2.65. The molecule has 4 nitrogen and oxygen atoms in total. The number of carbonyl (C=O) groups excluding carboxylic acids is 2. The molecule has 1 aliphatic rings. The van der Waals surface area contributed by atoms with Crippen LogP contribution in [0.4, 0.5) is 4.79 Å². The highest BCUT2D eigenvalue weighted by Crippen LogP contribution is 2.26. The van der Waals surface area contributed by atoms with E-state index in [2.05, 4.69) is 5.32 Å². The smallest absolute Gasteiger partial charge is 0.290 e. The molecule has 0 spiro atoms. The van der Waals surface area contributed by atoms with Crippen LogP contribution in [0.2, 0.25) is 0 Å². The molecule has 5 heteroatoms. The quantitative estimate of drug-likeness (QED) is 0.849. The van der Waals surface area contributed by atoms with Gasteiger partial charge in [0.2, 0.25) is 0 Å². The lowest BCUT2D eigenvalue weighted by atomic mass is 10.2. The number of benzene rings is 1. The molecular weight excluding hydrogens is 250 g/mol. The molecule has 18 heavy (non-hydrogen) atoms. The highest BCUT2D eigenvalue weighted by molar-refractivity contribution is 8.18. The fraction of sp³-hybridized carbons (Fsp3) is 0.231. The Kier molecular flexibility index (Phi) is 4.04. The Morgan fingerprint density at radius 2 is 2.00 bits per heavy atom. The van der Waals surface area contributed by atoms with E-state index in [0.717, 1.165) is 29.5 Å². The van der Waals surface area contributed by atoms with Gasteiger partial charge in [0.25, 0.3) is 11.1 Å². The van der Waals surface area contributed by atoms with Crippen molar-refractivity contribution in [1.82, 2.24) is 5.32 Å². The minimum atomic E-state index is -0.337. The van der Waals surface area contributed by atoms with E-state index in [9.17, 15) is 9.59 Å². The molecule has 2 amide bonds. The second-order valence-electron chi connectivity index (χ2n) is 3.77. The van der Waals surface area contributed by atoms with Crippen molar-refractivity contribution in [2.24, 2.45) is 0 Å². The average molecular weight is 263 g/mol. The minimum absolute atomic E-state index is 0.325. The number of carbonyl (C=O) groups is 2. The summed E-state index contributed by atoms with van der Waals surface area (Å²) in [5.41, 5.74) is 0.867. The van der Waals surface area contributed by atoms with Crippen LogP contribution in [0.25, 0.3) is 6.08 Å². The second kappa shape index (κ2) is 5.73. The molecule has 1 aromatic carbocycles. The molecular formula is C13H13NO3S. The first-order valence-corrected chi connectivity index (χ1v) is 6.48. The van der Waals surface area contributed by atoms with Crippen LogP contribution >= 0.6 is 11.8 Å². The van der Waals surface area contributed by atoms with Gasteiger partial charge in [-0.2, -0.15) is 0 Å². The Hall–Kier alpha value is -1.75. The molecule has 0 unspecified atom stereocenters. The molecule has 0 atom stereocenters. The van der Waals surface area contributed by atoms with Crippen LogP contribution in [-0.4, -0.2) is 17.8 Å². The van der Waals surface area contributed by atoms with E-state index in [-0.39, 0.29) is 11.1 Å². The van der Waals surface area contributed by atoms with Gasteiger partial charge in [0, 0.05) is 0 Å². The molecule has 0 aliphatic carbocycles. The molecule has 0 saturated carbocycles. The number of hydrogen-bond acceptors (Lipinski definition) is 4. The average Bonchev–Trinajstić information content (AvgIpc) is 2.67. The predicted molar refractivity (Wildman–Crippen MR) is 71.3 cm³/mol. The van der Waals surface area contributed by atoms with Gasteiger partial charge >= 0.3 is 0 Å². The van der Waals surface area contributed by atoms with E-state index < -0.39 is 0 Å². The zero-order chi connectivity index (χ0) is 13.0. The molecule has 1 saturated heterocycles. The molecule has 2 rings (SSSR count). The number of hydrogen-bond donors (Lipinski definition) is 1. The number of ether oxygens (including phenoxy) is 1. The number of amides is 2. The zero-order valence-electron chi connectivity index (χ0n) is 9.93. The van der Waals surface area contributed by atoms with E-state index in [0.29, 0.717) is 11.5 Å². The standard InChI is InChI=1S/C13H13NO3S/c1-2-7-17-10-5-3-9(4-6-10)8-11-12(15)14-13(16)18-11/h3-6,8H,2,7H2,1H3,(H,14,15,16)/b11-8-. The van der Waals surface area contributed by atoms with Crippen LogP contribution in [-0.2, 0) is 4.79 Å². The molecule has 1 aromatic rings. The van der Waals surface area contributed by atoms with Crippen molar-refractivity contribution in [3.8, 4) is 5.75 Å². The lowest BCUT2D eigenvalue weighted by Crippen LogP contribution is -2.17. The van der Waals surface area contributed by atoms with Crippen molar-refractivity contribution in [2.45, 2.75) is 13.3 Å². The summed E-state index contributed by atoms with van der Waals surface area (Å²) in [5, 5.41) is 1.89. The SMILES string of the molecule is CCCOc1ccc(/C=C2\SC(=O)NC2=O)cc1. The van der Waals surface area contributed by atoms with E-state index >= 15 is 0 Å². The fourth-order valence-corrected chi connectivity index (χ4v) is 2.13. The van der Waals surface area contributed by atoms with E-state index in [1.807, 2.05) is 31.2 Å². The Labute approximate surface area is 109 Å². The minimum Gasteiger partial charge on any atom is -0.494 e. The maximum absolute atomic E-state index is 11.4. The van der Waals surface area contributed by atoms with Crippen LogP contribution in [0.5, 0.6) is 5.75 Å². The lowest BCUT2D eigenvalue weighted by Gasteiger charge is -2.04. The second-order valence-corrected chi connectivity index (χ2v) is 4.78. The summed E-state index contributed by atoms with van der Waals surface area (Å²) in [5.74, 6) is 0.468. The maximum atomic E-state index is 11.4. The van der Waals surface area contributed by atoms with Gasteiger partial charge in [-0.25, -0.2) is 0 Å². The fourth-order valence-electron chi connectivity index (χ4n) is 1.45. The maximum Gasteiger partial charge on any atom is 0.290 e. The number of rotatable bonds is 4. The van der Waals surface area contributed by atoms with E-state index in [1.54, 1.807) is 6.08 Å². The monoisotopic (exact) mass is 263 g/mol.